The molecule has 7 heteroatoms. The molecule has 1 aliphatic heterocycles. The van der Waals surface area contributed by atoms with E-state index in [0.29, 0.717) is 25.6 Å². The largest absolute Gasteiger partial charge is 0.345 e. The number of hydrogen-bond donors (Lipinski definition) is 1. The summed E-state index contributed by atoms with van der Waals surface area (Å²) in [6.45, 7) is 5.95. The van der Waals surface area contributed by atoms with Crippen LogP contribution in [0.5, 0.6) is 0 Å². The lowest BCUT2D eigenvalue weighted by Crippen LogP contribution is -2.31. The lowest BCUT2D eigenvalue weighted by molar-refractivity contribution is 0.429. The van der Waals surface area contributed by atoms with Crippen molar-refractivity contribution in [2.45, 2.75) is 45.3 Å². The Morgan fingerprint density at radius 2 is 2.33 bits per heavy atom. The highest BCUT2D eigenvalue weighted by molar-refractivity contribution is 5.00. The molecule has 21 heavy (non-hydrogen) atoms. The number of aryl methyl sites for hydroxylation is 2. The predicted octanol–water partition coefficient (Wildman–Crippen LogP) is 0.428. The number of imidazole rings is 1. The van der Waals surface area contributed by atoms with Crippen molar-refractivity contribution >= 4 is 0 Å². The summed E-state index contributed by atoms with van der Waals surface area (Å²) in [5.74, 6) is 1.28. The molecule has 1 saturated heterocycles. The number of rotatable bonds is 5. The Balaban J connectivity index is 1.80. The minimum absolute atomic E-state index is 0.00168. The van der Waals surface area contributed by atoms with Gasteiger partial charge in [-0.3, -0.25) is 4.57 Å². The molecule has 3 rings (SSSR count). The maximum Gasteiger partial charge on any atom is 0.345 e. The monoisotopic (exact) mass is 290 g/mol. The minimum atomic E-state index is -0.00168. The average molecular weight is 290 g/mol. The van der Waals surface area contributed by atoms with Gasteiger partial charge >= 0.3 is 5.69 Å². The number of nitrogens with one attached hydrogen (secondary N) is 1. The molecule has 0 aliphatic carbocycles. The van der Waals surface area contributed by atoms with Gasteiger partial charge in [-0.15, -0.1) is 0 Å². The fraction of sp³-hybridized carbons (Fsp3) is 0.643. The summed E-state index contributed by atoms with van der Waals surface area (Å²) >= 11 is 0. The summed E-state index contributed by atoms with van der Waals surface area (Å²) in [6, 6.07) is 0. The van der Waals surface area contributed by atoms with Crippen LogP contribution in [0.15, 0.2) is 23.5 Å². The highest BCUT2D eigenvalue weighted by Gasteiger charge is 2.23. The van der Waals surface area contributed by atoms with Crippen molar-refractivity contribution in [2.75, 3.05) is 13.1 Å². The summed E-state index contributed by atoms with van der Waals surface area (Å²) in [5, 5.41) is 7.99. The van der Waals surface area contributed by atoms with E-state index < -0.39 is 0 Å². The van der Waals surface area contributed by atoms with E-state index in [4.69, 9.17) is 0 Å². The highest BCUT2D eigenvalue weighted by atomic mass is 16.2. The molecule has 2 aromatic rings. The van der Waals surface area contributed by atoms with E-state index in [2.05, 4.69) is 15.4 Å². The van der Waals surface area contributed by atoms with Crippen LogP contribution >= 0.6 is 0 Å². The quantitative estimate of drug-likeness (QED) is 0.867. The molecular weight excluding hydrogens is 268 g/mol. The summed E-state index contributed by atoms with van der Waals surface area (Å²) in [5.41, 5.74) is -0.00168. The highest BCUT2D eigenvalue weighted by Crippen LogP contribution is 2.20. The SMILES string of the molecule is CCn1c([C@@H]2CCCNC2)nn(CCn2ccnc2)c1=O. The molecule has 3 heterocycles. The predicted molar refractivity (Wildman–Crippen MR) is 79.2 cm³/mol. The molecule has 114 valence electrons. The normalized spacial score (nSPS) is 19.0. The van der Waals surface area contributed by atoms with Gasteiger partial charge in [-0.25, -0.2) is 14.5 Å². The first-order chi connectivity index (χ1) is 10.3. The Morgan fingerprint density at radius 1 is 1.43 bits per heavy atom. The van der Waals surface area contributed by atoms with Crippen LogP contribution in [0.2, 0.25) is 0 Å². The van der Waals surface area contributed by atoms with Gasteiger partial charge in [0.15, 0.2) is 0 Å². The third-order valence-corrected chi connectivity index (χ3v) is 4.06. The van der Waals surface area contributed by atoms with Crippen LogP contribution in [0, 0.1) is 0 Å². The van der Waals surface area contributed by atoms with E-state index in [9.17, 15) is 4.79 Å². The second kappa shape index (κ2) is 6.26. The van der Waals surface area contributed by atoms with Gasteiger partial charge in [-0.05, 0) is 26.3 Å². The van der Waals surface area contributed by atoms with Gasteiger partial charge in [-0.2, -0.15) is 5.10 Å². The standard InChI is InChI=1S/C14H22N6O/c1-2-19-13(12-4-3-5-15-10-12)17-20(14(19)21)9-8-18-7-6-16-11-18/h6-7,11-12,15H,2-5,8-10H2,1H3/t12-/m1/s1. The van der Waals surface area contributed by atoms with Crippen molar-refractivity contribution in [2.24, 2.45) is 0 Å². The Bertz CT molecular complexity index is 620. The number of hydrogen-bond acceptors (Lipinski definition) is 4. The van der Waals surface area contributed by atoms with Gasteiger partial charge < -0.3 is 9.88 Å². The minimum Gasteiger partial charge on any atom is -0.336 e. The van der Waals surface area contributed by atoms with Crippen molar-refractivity contribution in [1.29, 1.82) is 0 Å². The van der Waals surface area contributed by atoms with Gasteiger partial charge in [0.25, 0.3) is 0 Å². The molecule has 2 aromatic heterocycles. The smallest absolute Gasteiger partial charge is 0.336 e. The summed E-state index contributed by atoms with van der Waals surface area (Å²) < 4.78 is 5.36. The first-order valence-electron chi connectivity index (χ1n) is 7.63. The van der Waals surface area contributed by atoms with E-state index >= 15 is 0 Å². The third kappa shape index (κ3) is 2.92. The number of aromatic nitrogens is 5. The first-order valence-corrected chi connectivity index (χ1v) is 7.63. The summed E-state index contributed by atoms with van der Waals surface area (Å²) in [4.78, 5) is 16.5. The van der Waals surface area contributed by atoms with Crippen LogP contribution in [0.25, 0.3) is 0 Å². The van der Waals surface area contributed by atoms with E-state index in [1.807, 2.05) is 22.3 Å². The van der Waals surface area contributed by atoms with E-state index in [1.165, 1.54) is 0 Å². The molecule has 1 N–H and O–H groups in total. The molecule has 0 unspecified atom stereocenters. The van der Waals surface area contributed by atoms with Gasteiger partial charge in [0.05, 0.1) is 12.9 Å². The van der Waals surface area contributed by atoms with Crippen molar-refractivity contribution in [3.63, 3.8) is 0 Å². The van der Waals surface area contributed by atoms with Crippen LogP contribution in [-0.2, 0) is 19.6 Å². The molecule has 1 aliphatic rings. The van der Waals surface area contributed by atoms with E-state index in [-0.39, 0.29) is 5.69 Å². The molecule has 0 spiro atoms. The molecule has 1 fully saturated rings. The molecule has 0 radical (unpaired) electrons. The Kier molecular flexibility index (Phi) is 4.19. The van der Waals surface area contributed by atoms with Crippen LogP contribution in [0.4, 0.5) is 0 Å². The summed E-state index contributed by atoms with van der Waals surface area (Å²) in [7, 11) is 0. The van der Waals surface area contributed by atoms with Gasteiger partial charge in [0.1, 0.15) is 5.82 Å². The second-order valence-electron chi connectivity index (χ2n) is 5.45. The molecule has 1 atom stereocenters. The van der Waals surface area contributed by atoms with Crippen molar-refractivity contribution < 1.29 is 0 Å². The van der Waals surface area contributed by atoms with Gasteiger partial charge in [0, 0.05) is 37.9 Å². The number of nitrogens with zero attached hydrogens (tertiary/aromatic N) is 5. The topological polar surface area (TPSA) is 69.7 Å². The molecular formula is C14H22N6O. The maximum atomic E-state index is 12.4. The second-order valence-corrected chi connectivity index (χ2v) is 5.45. The van der Waals surface area contributed by atoms with Crippen LogP contribution in [0.3, 0.4) is 0 Å². The lowest BCUT2D eigenvalue weighted by Gasteiger charge is -2.21. The maximum absolute atomic E-state index is 12.4. The molecule has 0 saturated carbocycles. The lowest BCUT2D eigenvalue weighted by atomic mass is 9.99. The number of piperidine rings is 1. The van der Waals surface area contributed by atoms with Gasteiger partial charge in [0.2, 0.25) is 0 Å². The van der Waals surface area contributed by atoms with Gasteiger partial charge in [-0.1, -0.05) is 0 Å². The van der Waals surface area contributed by atoms with Crippen molar-refractivity contribution in [3.8, 4) is 0 Å². The average Bonchev–Trinajstić information content (AvgIpc) is 3.14. The van der Waals surface area contributed by atoms with Crippen LogP contribution in [-0.4, -0.2) is 37.0 Å². The fourth-order valence-electron chi connectivity index (χ4n) is 2.90. The Morgan fingerprint density at radius 3 is 3.00 bits per heavy atom. The Labute approximate surface area is 123 Å². The zero-order chi connectivity index (χ0) is 14.7. The molecule has 0 aromatic carbocycles. The molecule has 0 amide bonds. The van der Waals surface area contributed by atoms with Crippen LogP contribution in [0.1, 0.15) is 31.5 Å². The van der Waals surface area contributed by atoms with Crippen molar-refractivity contribution in [3.05, 3.63) is 35.0 Å². The first kappa shape index (κ1) is 14.1. The summed E-state index contributed by atoms with van der Waals surface area (Å²) in [6.07, 6.45) is 7.64. The molecule has 7 nitrogen and oxygen atoms in total. The Hall–Kier alpha value is -1.89. The fourth-order valence-corrected chi connectivity index (χ4v) is 2.90. The third-order valence-electron chi connectivity index (χ3n) is 4.06. The zero-order valence-corrected chi connectivity index (χ0v) is 12.4. The van der Waals surface area contributed by atoms with Crippen molar-refractivity contribution in [1.82, 2.24) is 29.2 Å². The van der Waals surface area contributed by atoms with E-state index in [0.717, 1.165) is 31.8 Å². The molecule has 0 bridgehead atoms. The zero-order valence-electron chi connectivity index (χ0n) is 12.4. The van der Waals surface area contributed by atoms with E-state index in [1.54, 1.807) is 17.2 Å². The van der Waals surface area contributed by atoms with Crippen LogP contribution < -0.4 is 11.0 Å².